The van der Waals surface area contributed by atoms with E-state index in [2.05, 4.69) is 52.8 Å². The molecule has 0 radical (unpaired) electrons. The van der Waals surface area contributed by atoms with E-state index < -0.39 is 6.04 Å². The van der Waals surface area contributed by atoms with Crippen LogP contribution in [0.1, 0.15) is 37.5 Å². The highest BCUT2D eigenvalue weighted by molar-refractivity contribution is 6.23. The van der Waals surface area contributed by atoms with E-state index >= 15 is 0 Å². The Bertz CT molecular complexity index is 1050. The molecule has 0 N–H and O–H groups in total. The molecule has 1 saturated heterocycles. The summed E-state index contributed by atoms with van der Waals surface area (Å²) in [5.74, 6) is 0.829. The second-order valence-electron chi connectivity index (χ2n) is 9.32. The second-order valence-corrected chi connectivity index (χ2v) is 9.32. The summed E-state index contributed by atoms with van der Waals surface area (Å²) in [6.45, 7) is 11.6. The molecule has 8 nitrogen and oxygen atoms in total. The number of amides is 3. The minimum absolute atomic E-state index is 0.167. The van der Waals surface area contributed by atoms with Crippen LogP contribution in [0.25, 0.3) is 0 Å². The average molecular weight is 410 g/mol. The number of urea groups is 1. The molecule has 30 heavy (non-hydrogen) atoms. The standard InChI is InChI=1S/C22H29N6O2/c1-13-8-9-14(2)15(10-13)11-28-20-23-18-17(19(29)26(7)21(30)25(18)6)27(20)12-16(24-28)22(3,4)5/h8-10,17H,11-12H2,1-7H3/q+1. The van der Waals surface area contributed by atoms with E-state index in [4.69, 9.17) is 10.1 Å². The number of likely N-dealkylation sites (N-methyl/N-ethyl adjacent to an activating group) is 2. The van der Waals surface area contributed by atoms with Crippen molar-refractivity contribution in [3.63, 3.8) is 0 Å². The maximum absolute atomic E-state index is 13.0. The molecule has 1 aromatic carbocycles. The highest BCUT2D eigenvalue weighted by atomic mass is 16.2. The second kappa shape index (κ2) is 6.75. The first-order chi connectivity index (χ1) is 14.0. The van der Waals surface area contributed by atoms with Crippen molar-refractivity contribution < 1.29 is 14.2 Å². The van der Waals surface area contributed by atoms with Crippen molar-refractivity contribution >= 4 is 29.4 Å². The zero-order valence-corrected chi connectivity index (χ0v) is 18.7. The number of amidine groups is 1. The number of guanidine groups is 1. The number of hydrogen-bond donors (Lipinski definition) is 0. The number of carbonyl (C=O) groups is 2. The first kappa shape index (κ1) is 20.3. The molecule has 1 atom stereocenters. The maximum atomic E-state index is 13.0. The summed E-state index contributed by atoms with van der Waals surface area (Å²) >= 11 is 0. The highest BCUT2D eigenvalue weighted by Crippen LogP contribution is 2.27. The van der Waals surface area contributed by atoms with Crippen LogP contribution in [0.4, 0.5) is 4.79 Å². The van der Waals surface area contributed by atoms with Crippen LogP contribution in [0.5, 0.6) is 0 Å². The number of hydrazone groups is 1. The van der Waals surface area contributed by atoms with Gasteiger partial charge in [-0.25, -0.2) is 9.37 Å². The number of aryl methyl sites for hydroxylation is 2. The molecule has 3 amide bonds. The molecule has 0 aliphatic carbocycles. The first-order valence-corrected chi connectivity index (χ1v) is 10.2. The fourth-order valence-corrected chi connectivity index (χ4v) is 3.96. The molecular formula is C22H29N6O2+. The van der Waals surface area contributed by atoms with Crippen molar-refractivity contribution in [3.05, 3.63) is 34.9 Å². The van der Waals surface area contributed by atoms with Gasteiger partial charge < -0.3 is 0 Å². The van der Waals surface area contributed by atoms with Gasteiger partial charge in [0.05, 0.1) is 5.71 Å². The van der Waals surface area contributed by atoms with Crippen LogP contribution in [0.15, 0.2) is 28.3 Å². The zero-order chi connectivity index (χ0) is 22.0. The number of benzene rings is 1. The fourth-order valence-electron chi connectivity index (χ4n) is 3.96. The smallest absolute Gasteiger partial charge is 0.270 e. The molecule has 4 rings (SSSR count). The summed E-state index contributed by atoms with van der Waals surface area (Å²) in [5.41, 5.74) is 4.33. The van der Waals surface area contributed by atoms with E-state index in [1.807, 2.05) is 9.58 Å². The van der Waals surface area contributed by atoms with Crippen molar-refractivity contribution in [2.75, 3.05) is 20.6 Å². The number of fused-ring (bicyclic) bond motifs is 2. The molecule has 1 aromatic rings. The quantitative estimate of drug-likeness (QED) is 0.703. The van der Waals surface area contributed by atoms with Gasteiger partial charge in [0, 0.05) is 19.5 Å². The third-order valence-corrected chi connectivity index (χ3v) is 5.99. The number of nitrogens with zero attached hydrogens (tertiary/aromatic N) is 6. The summed E-state index contributed by atoms with van der Waals surface area (Å²) in [6.07, 6.45) is 0. The maximum Gasteiger partial charge on any atom is 0.417 e. The van der Waals surface area contributed by atoms with Crippen molar-refractivity contribution in [2.24, 2.45) is 15.5 Å². The summed E-state index contributed by atoms with van der Waals surface area (Å²) in [5, 5.41) is 6.82. The van der Waals surface area contributed by atoms with E-state index in [0.29, 0.717) is 24.9 Å². The Balaban J connectivity index is 1.80. The van der Waals surface area contributed by atoms with E-state index in [0.717, 1.165) is 11.3 Å². The van der Waals surface area contributed by atoms with Gasteiger partial charge in [0.2, 0.25) is 11.9 Å². The monoisotopic (exact) mass is 409 g/mol. The predicted molar refractivity (Wildman–Crippen MR) is 116 cm³/mol. The van der Waals surface area contributed by atoms with Gasteiger partial charge in [-0.2, -0.15) is 0 Å². The molecule has 1 unspecified atom stereocenters. The van der Waals surface area contributed by atoms with E-state index in [-0.39, 0.29) is 17.4 Å². The Hall–Kier alpha value is -3.03. The lowest BCUT2D eigenvalue weighted by molar-refractivity contribution is -0.528. The molecule has 3 aliphatic heterocycles. The van der Waals surface area contributed by atoms with Crippen molar-refractivity contribution in [2.45, 2.75) is 47.2 Å². The lowest BCUT2D eigenvalue weighted by Crippen LogP contribution is -2.62. The van der Waals surface area contributed by atoms with Crippen LogP contribution in [-0.4, -0.2) is 75.5 Å². The number of aliphatic imine (C=N–C) groups is 1. The molecule has 0 aromatic heterocycles. The molecule has 0 spiro atoms. The largest absolute Gasteiger partial charge is 0.417 e. The number of hydrogen-bond acceptors (Lipinski definition) is 5. The van der Waals surface area contributed by atoms with Crippen LogP contribution in [-0.2, 0) is 11.3 Å². The minimum Gasteiger partial charge on any atom is -0.270 e. The lowest BCUT2D eigenvalue weighted by Gasteiger charge is -2.33. The zero-order valence-electron chi connectivity index (χ0n) is 18.7. The van der Waals surface area contributed by atoms with Crippen LogP contribution < -0.4 is 0 Å². The molecule has 0 bridgehead atoms. The highest BCUT2D eigenvalue weighted by Gasteiger charge is 2.54. The summed E-state index contributed by atoms with van der Waals surface area (Å²) in [6, 6.07) is 5.38. The first-order valence-electron chi connectivity index (χ1n) is 10.2. The Morgan fingerprint density at radius 2 is 1.83 bits per heavy atom. The predicted octanol–water partition coefficient (Wildman–Crippen LogP) is 2.19. The topological polar surface area (TPSA) is 71.6 Å². The van der Waals surface area contributed by atoms with Gasteiger partial charge in [0.25, 0.3) is 5.91 Å². The minimum atomic E-state index is -0.610. The molecule has 158 valence electrons. The van der Waals surface area contributed by atoms with Crippen molar-refractivity contribution in [3.8, 4) is 0 Å². The molecule has 1 fully saturated rings. The van der Waals surface area contributed by atoms with E-state index in [1.54, 1.807) is 7.05 Å². The fraction of sp³-hybridized carbons (Fsp3) is 0.500. The Morgan fingerprint density at radius 3 is 2.50 bits per heavy atom. The SMILES string of the molecule is Cc1ccc(C)c(CN2N=C(C(C)(C)C)C[N+]3=C2N=C2C3C(=O)N(C)C(=O)N2C)c1. The summed E-state index contributed by atoms with van der Waals surface area (Å²) in [4.78, 5) is 32.8. The third-order valence-electron chi connectivity index (χ3n) is 5.99. The molecule has 3 heterocycles. The molecule has 0 saturated carbocycles. The lowest BCUT2D eigenvalue weighted by atomic mass is 9.89. The normalized spacial score (nSPS) is 21.7. The van der Waals surface area contributed by atoms with Gasteiger partial charge in [-0.15, -0.1) is 10.1 Å². The van der Waals surface area contributed by atoms with Crippen LogP contribution >= 0.6 is 0 Å². The van der Waals surface area contributed by atoms with Gasteiger partial charge in [-0.05, 0) is 25.0 Å². The molecule has 8 heteroatoms. The number of carbonyl (C=O) groups excluding carboxylic acids is 2. The average Bonchev–Trinajstić information content (AvgIpc) is 3.07. The van der Waals surface area contributed by atoms with Crippen molar-refractivity contribution in [1.29, 1.82) is 0 Å². The van der Waals surface area contributed by atoms with Crippen LogP contribution in [0.3, 0.4) is 0 Å². The Labute approximate surface area is 177 Å². The van der Waals surface area contributed by atoms with Gasteiger partial charge in [0.15, 0.2) is 0 Å². The molecule has 3 aliphatic rings. The van der Waals surface area contributed by atoms with Crippen LogP contribution in [0.2, 0.25) is 0 Å². The summed E-state index contributed by atoms with van der Waals surface area (Å²) < 4.78 is 1.98. The van der Waals surface area contributed by atoms with E-state index in [1.165, 1.54) is 28.0 Å². The van der Waals surface area contributed by atoms with E-state index in [9.17, 15) is 9.59 Å². The number of imide groups is 1. The Morgan fingerprint density at radius 1 is 1.13 bits per heavy atom. The van der Waals surface area contributed by atoms with Gasteiger partial charge >= 0.3 is 12.0 Å². The third kappa shape index (κ3) is 3.11. The summed E-state index contributed by atoms with van der Waals surface area (Å²) in [7, 11) is 3.18. The Kier molecular flexibility index (Phi) is 4.56. The van der Waals surface area contributed by atoms with Gasteiger partial charge in [-0.3, -0.25) is 14.6 Å². The van der Waals surface area contributed by atoms with Gasteiger partial charge in [0.1, 0.15) is 13.1 Å². The van der Waals surface area contributed by atoms with Gasteiger partial charge in [-0.1, -0.05) is 49.5 Å². The van der Waals surface area contributed by atoms with Crippen molar-refractivity contribution in [1.82, 2.24) is 14.8 Å². The molecular weight excluding hydrogens is 380 g/mol. The van der Waals surface area contributed by atoms with Crippen LogP contribution in [0, 0.1) is 19.3 Å². The number of rotatable bonds is 2.